The SMILES string of the molecule is O=C(NCc1ccc(Cl)s1)c1n[nH]c(C2CC2)n1. The van der Waals surface area contributed by atoms with Crippen LogP contribution in [0.15, 0.2) is 12.1 Å². The number of thiophene rings is 1. The normalized spacial score (nSPS) is 14.7. The Morgan fingerprint density at radius 1 is 1.56 bits per heavy atom. The zero-order valence-electron chi connectivity index (χ0n) is 9.44. The maximum Gasteiger partial charge on any atom is 0.291 e. The molecular formula is C11H11ClN4OS. The zero-order chi connectivity index (χ0) is 12.5. The Hall–Kier alpha value is -1.40. The Kier molecular flexibility index (Phi) is 3.05. The lowest BCUT2D eigenvalue weighted by Gasteiger charge is -1.98. The smallest absolute Gasteiger partial charge is 0.291 e. The number of aromatic amines is 1. The first-order chi connectivity index (χ1) is 8.72. The van der Waals surface area contributed by atoms with Gasteiger partial charge in [0.1, 0.15) is 5.82 Å². The van der Waals surface area contributed by atoms with Crippen molar-refractivity contribution in [2.24, 2.45) is 0 Å². The van der Waals surface area contributed by atoms with Gasteiger partial charge in [-0.2, -0.15) is 0 Å². The quantitative estimate of drug-likeness (QED) is 0.904. The fourth-order valence-corrected chi connectivity index (χ4v) is 2.64. The summed E-state index contributed by atoms with van der Waals surface area (Å²) in [5.41, 5.74) is 0. The molecule has 0 aliphatic heterocycles. The van der Waals surface area contributed by atoms with Gasteiger partial charge in [-0.05, 0) is 25.0 Å². The molecule has 94 valence electrons. The number of nitrogens with zero attached hydrogens (tertiary/aromatic N) is 2. The Labute approximate surface area is 113 Å². The van der Waals surface area contributed by atoms with Crippen molar-refractivity contribution in [3.05, 3.63) is 33.0 Å². The van der Waals surface area contributed by atoms with Crippen LogP contribution < -0.4 is 5.32 Å². The van der Waals surface area contributed by atoms with Gasteiger partial charge in [-0.15, -0.1) is 16.4 Å². The topological polar surface area (TPSA) is 70.7 Å². The maximum atomic E-state index is 11.8. The van der Waals surface area contributed by atoms with Crippen molar-refractivity contribution in [3.8, 4) is 0 Å². The number of hydrogen-bond donors (Lipinski definition) is 2. The van der Waals surface area contributed by atoms with Crippen LogP contribution >= 0.6 is 22.9 Å². The largest absolute Gasteiger partial charge is 0.344 e. The molecule has 0 aromatic carbocycles. The summed E-state index contributed by atoms with van der Waals surface area (Å²) in [4.78, 5) is 17.0. The van der Waals surface area contributed by atoms with Gasteiger partial charge in [-0.3, -0.25) is 9.89 Å². The first-order valence-corrected chi connectivity index (χ1v) is 6.86. The van der Waals surface area contributed by atoms with Gasteiger partial charge in [0.25, 0.3) is 5.91 Å². The van der Waals surface area contributed by atoms with E-state index in [2.05, 4.69) is 20.5 Å². The third-order valence-electron chi connectivity index (χ3n) is 2.72. The highest BCUT2D eigenvalue weighted by Gasteiger charge is 2.28. The molecule has 7 heteroatoms. The number of H-pyrrole nitrogens is 1. The van der Waals surface area contributed by atoms with E-state index in [1.807, 2.05) is 12.1 Å². The molecule has 0 saturated heterocycles. The molecule has 0 unspecified atom stereocenters. The van der Waals surface area contributed by atoms with Gasteiger partial charge in [-0.1, -0.05) is 11.6 Å². The molecule has 3 rings (SSSR count). The van der Waals surface area contributed by atoms with Gasteiger partial charge in [0.15, 0.2) is 0 Å². The van der Waals surface area contributed by atoms with Crippen molar-refractivity contribution in [1.82, 2.24) is 20.5 Å². The Balaban J connectivity index is 1.59. The predicted octanol–water partition coefficient (Wildman–Crippen LogP) is 2.33. The zero-order valence-corrected chi connectivity index (χ0v) is 11.0. The molecule has 1 aliphatic carbocycles. The van der Waals surface area contributed by atoms with Gasteiger partial charge >= 0.3 is 0 Å². The van der Waals surface area contributed by atoms with Gasteiger partial charge < -0.3 is 5.32 Å². The fourth-order valence-electron chi connectivity index (χ4n) is 1.61. The van der Waals surface area contributed by atoms with Crippen LogP contribution in [0, 0.1) is 0 Å². The highest BCUT2D eigenvalue weighted by atomic mass is 35.5. The molecule has 1 amide bonds. The average Bonchev–Trinajstić information content (AvgIpc) is 2.94. The molecule has 2 aromatic heterocycles. The average molecular weight is 283 g/mol. The number of carbonyl (C=O) groups is 1. The van der Waals surface area contributed by atoms with Crippen LogP contribution in [0.4, 0.5) is 0 Å². The Bertz CT molecular complexity index is 575. The lowest BCUT2D eigenvalue weighted by atomic mass is 10.4. The van der Waals surface area contributed by atoms with Crippen LogP contribution in [0.5, 0.6) is 0 Å². The van der Waals surface area contributed by atoms with Crippen LogP contribution in [0.25, 0.3) is 0 Å². The molecule has 1 saturated carbocycles. The summed E-state index contributed by atoms with van der Waals surface area (Å²) in [6, 6.07) is 3.70. The minimum absolute atomic E-state index is 0.208. The monoisotopic (exact) mass is 282 g/mol. The minimum atomic E-state index is -0.261. The van der Waals surface area contributed by atoms with Crippen molar-refractivity contribution in [1.29, 1.82) is 0 Å². The first kappa shape index (κ1) is 11.7. The maximum absolute atomic E-state index is 11.8. The van der Waals surface area contributed by atoms with Crippen molar-refractivity contribution >= 4 is 28.8 Å². The minimum Gasteiger partial charge on any atom is -0.344 e. The standard InChI is InChI=1S/C11H11ClN4OS/c12-8-4-3-7(18-8)5-13-11(17)10-14-9(15-16-10)6-1-2-6/h3-4,6H,1-2,5H2,(H,13,17)(H,14,15,16). The second-order valence-corrected chi connectivity index (χ2v) is 6.01. The molecule has 0 radical (unpaired) electrons. The number of amides is 1. The van der Waals surface area contributed by atoms with Crippen molar-refractivity contribution < 1.29 is 4.79 Å². The molecule has 0 bridgehead atoms. The van der Waals surface area contributed by atoms with Crippen LogP contribution in [-0.2, 0) is 6.54 Å². The van der Waals surface area contributed by atoms with E-state index in [9.17, 15) is 4.79 Å². The van der Waals surface area contributed by atoms with Gasteiger partial charge in [0.05, 0.1) is 10.9 Å². The summed E-state index contributed by atoms with van der Waals surface area (Å²) in [5, 5.41) is 9.50. The lowest BCUT2D eigenvalue weighted by Crippen LogP contribution is -2.23. The second-order valence-electron chi connectivity index (χ2n) is 4.21. The van der Waals surface area contributed by atoms with Crippen molar-refractivity contribution in [2.45, 2.75) is 25.3 Å². The first-order valence-electron chi connectivity index (χ1n) is 5.67. The van der Waals surface area contributed by atoms with E-state index in [1.54, 1.807) is 0 Å². The van der Waals surface area contributed by atoms with E-state index in [-0.39, 0.29) is 11.7 Å². The highest BCUT2D eigenvalue weighted by molar-refractivity contribution is 7.16. The number of carbonyl (C=O) groups excluding carboxylic acids is 1. The summed E-state index contributed by atoms with van der Waals surface area (Å²) in [6.45, 7) is 0.448. The van der Waals surface area contributed by atoms with E-state index in [0.29, 0.717) is 16.8 Å². The number of nitrogens with one attached hydrogen (secondary N) is 2. The molecule has 1 fully saturated rings. The molecule has 2 heterocycles. The molecule has 0 atom stereocenters. The lowest BCUT2D eigenvalue weighted by molar-refractivity contribution is 0.0941. The Morgan fingerprint density at radius 2 is 2.39 bits per heavy atom. The van der Waals surface area contributed by atoms with Crippen LogP contribution in [0.3, 0.4) is 0 Å². The molecule has 1 aliphatic rings. The summed E-state index contributed by atoms with van der Waals surface area (Å²) in [5.74, 6) is 1.23. The summed E-state index contributed by atoms with van der Waals surface area (Å²) in [7, 11) is 0. The van der Waals surface area contributed by atoms with Gasteiger partial charge in [-0.25, -0.2) is 4.98 Å². The molecule has 2 N–H and O–H groups in total. The summed E-state index contributed by atoms with van der Waals surface area (Å²) < 4.78 is 0.716. The third kappa shape index (κ3) is 2.54. The van der Waals surface area contributed by atoms with Crippen LogP contribution in [-0.4, -0.2) is 21.1 Å². The second kappa shape index (κ2) is 4.70. The van der Waals surface area contributed by atoms with Crippen LogP contribution in [0.1, 0.15) is 40.1 Å². The van der Waals surface area contributed by atoms with E-state index in [1.165, 1.54) is 11.3 Å². The fraction of sp³-hybridized carbons (Fsp3) is 0.364. The van der Waals surface area contributed by atoms with Crippen molar-refractivity contribution in [2.75, 3.05) is 0 Å². The van der Waals surface area contributed by atoms with Crippen molar-refractivity contribution in [3.63, 3.8) is 0 Å². The molecule has 2 aromatic rings. The predicted molar refractivity (Wildman–Crippen MR) is 68.9 cm³/mol. The van der Waals surface area contributed by atoms with E-state index in [4.69, 9.17) is 11.6 Å². The number of halogens is 1. The third-order valence-corrected chi connectivity index (χ3v) is 3.95. The summed E-state index contributed by atoms with van der Waals surface area (Å²) >= 11 is 7.26. The van der Waals surface area contributed by atoms with Gasteiger partial charge in [0.2, 0.25) is 5.82 Å². The number of hydrogen-bond acceptors (Lipinski definition) is 4. The summed E-state index contributed by atoms with van der Waals surface area (Å²) in [6.07, 6.45) is 2.26. The Morgan fingerprint density at radius 3 is 3.06 bits per heavy atom. The highest BCUT2D eigenvalue weighted by Crippen LogP contribution is 2.37. The van der Waals surface area contributed by atoms with E-state index in [0.717, 1.165) is 23.5 Å². The molecular weight excluding hydrogens is 272 g/mol. The molecule has 0 spiro atoms. The van der Waals surface area contributed by atoms with Gasteiger partial charge in [0, 0.05) is 10.8 Å². The number of rotatable bonds is 4. The van der Waals surface area contributed by atoms with E-state index >= 15 is 0 Å². The molecule has 18 heavy (non-hydrogen) atoms. The molecule has 5 nitrogen and oxygen atoms in total. The number of aromatic nitrogens is 3. The van der Waals surface area contributed by atoms with Crippen LogP contribution in [0.2, 0.25) is 4.34 Å². The van der Waals surface area contributed by atoms with E-state index < -0.39 is 0 Å².